The van der Waals surface area contributed by atoms with Crippen LogP contribution in [0, 0.1) is 0 Å². The standard InChI is InChI=1S/C19H28N4OS/c1-22(11-12-24)18-17-14-7-3-4-8-15(14)25-19(17)21-16(20-18)13-23-9-5-2-6-10-23/h24H,2-13H2,1H3. The van der Waals surface area contributed by atoms with E-state index >= 15 is 0 Å². The fourth-order valence-electron chi connectivity index (χ4n) is 4.10. The van der Waals surface area contributed by atoms with Gasteiger partial charge in [-0.2, -0.15) is 0 Å². The van der Waals surface area contributed by atoms with Gasteiger partial charge in [-0.15, -0.1) is 11.3 Å². The van der Waals surface area contributed by atoms with Crippen LogP contribution in [0.1, 0.15) is 48.4 Å². The molecule has 0 amide bonds. The maximum absolute atomic E-state index is 9.40. The number of hydrogen-bond acceptors (Lipinski definition) is 6. The molecule has 0 bridgehead atoms. The molecule has 1 aliphatic heterocycles. The Kier molecular flexibility index (Phi) is 5.20. The summed E-state index contributed by atoms with van der Waals surface area (Å²) in [7, 11) is 2.04. The molecular formula is C19H28N4OS. The van der Waals surface area contributed by atoms with Gasteiger partial charge in [0.2, 0.25) is 0 Å². The molecular weight excluding hydrogens is 332 g/mol. The molecule has 1 N–H and O–H groups in total. The molecule has 2 aromatic rings. The van der Waals surface area contributed by atoms with E-state index < -0.39 is 0 Å². The maximum atomic E-state index is 9.40. The first kappa shape index (κ1) is 17.2. The molecule has 1 fully saturated rings. The zero-order chi connectivity index (χ0) is 17.2. The van der Waals surface area contributed by atoms with E-state index in [1.807, 2.05) is 18.4 Å². The van der Waals surface area contributed by atoms with Gasteiger partial charge >= 0.3 is 0 Å². The van der Waals surface area contributed by atoms with Crippen LogP contribution >= 0.6 is 11.3 Å². The van der Waals surface area contributed by atoms with E-state index in [1.54, 1.807) is 0 Å². The Balaban J connectivity index is 1.74. The van der Waals surface area contributed by atoms with E-state index in [-0.39, 0.29) is 6.61 Å². The van der Waals surface area contributed by atoms with Crippen molar-refractivity contribution in [1.29, 1.82) is 0 Å². The molecule has 5 nitrogen and oxygen atoms in total. The number of aromatic nitrogens is 2. The summed E-state index contributed by atoms with van der Waals surface area (Å²) in [6, 6.07) is 0. The first-order valence-corrected chi connectivity index (χ1v) is 10.4. The van der Waals surface area contributed by atoms with Crippen LogP contribution in [0.25, 0.3) is 10.2 Å². The number of aliphatic hydroxyl groups excluding tert-OH is 1. The van der Waals surface area contributed by atoms with Gasteiger partial charge in [-0.3, -0.25) is 4.90 Å². The summed E-state index contributed by atoms with van der Waals surface area (Å²) in [4.78, 5) is 17.2. The molecule has 1 saturated heterocycles. The predicted molar refractivity (Wildman–Crippen MR) is 104 cm³/mol. The number of fused-ring (bicyclic) bond motifs is 3. The minimum atomic E-state index is 0.149. The lowest BCUT2D eigenvalue weighted by molar-refractivity contribution is 0.216. The van der Waals surface area contributed by atoms with Gasteiger partial charge in [0.1, 0.15) is 16.5 Å². The number of piperidine rings is 1. The maximum Gasteiger partial charge on any atom is 0.146 e. The summed E-state index contributed by atoms with van der Waals surface area (Å²) in [5, 5.41) is 10.6. The van der Waals surface area contributed by atoms with Crippen LogP contribution in [0.5, 0.6) is 0 Å². The van der Waals surface area contributed by atoms with Crippen LogP contribution in [0.15, 0.2) is 0 Å². The molecule has 0 unspecified atom stereocenters. The number of anilines is 1. The molecule has 0 atom stereocenters. The minimum Gasteiger partial charge on any atom is -0.395 e. The number of likely N-dealkylation sites (tertiary alicyclic amines) is 1. The molecule has 1 aliphatic carbocycles. The number of nitrogens with zero attached hydrogens (tertiary/aromatic N) is 4. The lowest BCUT2D eigenvalue weighted by atomic mass is 9.97. The highest BCUT2D eigenvalue weighted by atomic mass is 32.1. The lowest BCUT2D eigenvalue weighted by Gasteiger charge is -2.26. The summed E-state index contributed by atoms with van der Waals surface area (Å²) in [6.07, 6.45) is 8.79. The Morgan fingerprint density at radius 1 is 1.08 bits per heavy atom. The summed E-state index contributed by atoms with van der Waals surface area (Å²) < 4.78 is 0. The Morgan fingerprint density at radius 2 is 1.88 bits per heavy atom. The molecule has 0 saturated carbocycles. The third-order valence-electron chi connectivity index (χ3n) is 5.45. The van der Waals surface area contributed by atoms with Gasteiger partial charge in [-0.25, -0.2) is 9.97 Å². The summed E-state index contributed by atoms with van der Waals surface area (Å²) in [6.45, 7) is 3.92. The van der Waals surface area contributed by atoms with Gasteiger partial charge in [-0.05, 0) is 57.2 Å². The van der Waals surface area contributed by atoms with Crippen molar-refractivity contribution in [2.75, 3.05) is 38.2 Å². The zero-order valence-electron chi connectivity index (χ0n) is 15.1. The van der Waals surface area contributed by atoms with E-state index in [0.717, 1.165) is 42.5 Å². The fourth-order valence-corrected chi connectivity index (χ4v) is 5.38. The first-order chi connectivity index (χ1) is 12.3. The molecule has 3 heterocycles. The Labute approximate surface area is 153 Å². The quantitative estimate of drug-likeness (QED) is 0.888. The molecule has 6 heteroatoms. The van der Waals surface area contributed by atoms with Crippen molar-refractivity contribution in [2.45, 2.75) is 51.5 Å². The Bertz CT molecular complexity index is 739. The number of hydrogen-bond donors (Lipinski definition) is 1. The molecule has 0 spiro atoms. The Morgan fingerprint density at radius 3 is 2.68 bits per heavy atom. The predicted octanol–water partition coefficient (Wildman–Crippen LogP) is 2.98. The van der Waals surface area contributed by atoms with Crippen molar-refractivity contribution in [2.24, 2.45) is 0 Å². The second kappa shape index (κ2) is 7.56. The van der Waals surface area contributed by atoms with Gasteiger partial charge < -0.3 is 10.0 Å². The van der Waals surface area contributed by atoms with Crippen LogP contribution in [-0.2, 0) is 19.4 Å². The smallest absolute Gasteiger partial charge is 0.146 e. The highest BCUT2D eigenvalue weighted by Gasteiger charge is 2.23. The van der Waals surface area contributed by atoms with Crippen molar-refractivity contribution in [3.8, 4) is 0 Å². The number of rotatable bonds is 5. The molecule has 25 heavy (non-hydrogen) atoms. The molecule has 136 valence electrons. The normalized spacial score (nSPS) is 18.5. The van der Waals surface area contributed by atoms with Crippen LogP contribution in [0.4, 0.5) is 5.82 Å². The van der Waals surface area contributed by atoms with Crippen LogP contribution < -0.4 is 4.90 Å². The summed E-state index contributed by atoms with van der Waals surface area (Å²) >= 11 is 1.87. The van der Waals surface area contributed by atoms with Gasteiger partial charge in [0.05, 0.1) is 18.5 Å². The van der Waals surface area contributed by atoms with Crippen molar-refractivity contribution < 1.29 is 5.11 Å². The van der Waals surface area contributed by atoms with E-state index in [0.29, 0.717) is 6.54 Å². The summed E-state index contributed by atoms with van der Waals surface area (Å²) in [5.74, 6) is 1.96. The topological polar surface area (TPSA) is 52.5 Å². The van der Waals surface area contributed by atoms with Crippen molar-refractivity contribution in [1.82, 2.24) is 14.9 Å². The third kappa shape index (κ3) is 3.52. The largest absolute Gasteiger partial charge is 0.395 e. The van der Waals surface area contributed by atoms with E-state index in [1.165, 1.54) is 54.4 Å². The highest BCUT2D eigenvalue weighted by Crippen LogP contribution is 2.39. The van der Waals surface area contributed by atoms with Crippen LogP contribution in [-0.4, -0.2) is 53.3 Å². The number of aryl methyl sites for hydroxylation is 2. The average Bonchev–Trinajstić information content (AvgIpc) is 3.00. The first-order valence-electron chi connectivity index (χ1n) is 9.62. The minimum absolute atomic E-state index is 0.149. The average molecular weight is 361 g/mol. The molecule has 2 aromatic heterocycles. The molecule has 4 rings (SSSR count). The molecule has 2 aliphatic rings. The third-order valence-corrected chi connectivity index (χ3v) is 6.64. The second-order valence-electron chi connectivity index (χ2n) is 7.34. The monoisotopic (exact) mass is 360 g/mol. The Hall–Kier alpha value is -1.24. The van der Waals surface area contributed by atoms with Crippen molar-refractivity contribution in [3.05, 3.63) is 16.3 Å². The van der Waals surface area contributed by atoms with Gasteiger partial charge in [-0.1, -0.05) is 6.42 Å². The van der Waals surface area contributed by atoms with Gasteiger partial charge in [0.25, 0.3) is 0 Å². The van der Waals surface area contributed by atoms with Crippen LogP contribution in [0.3, 0.4) is 0 Å². The van der Waals surface area contributed by atoms with Crippen molar-refractivity contribution >= 4 is 27.4 Å². The van der Waals surface area contributed by atoms with E-state index in [2.05, 4.69) is 9.80 Å². The van der Waals surface area contributed by atoms with E-state index in [9.17, 15) is 5.11 Å². The summed E-state index contributed by atoms with van der Waals surface area (Å²) in [5.41, 5.74) is 1.47. The highest BCUT2D eigenvalue weighted by molar-refractivity contribution is 7.19. The van der Waals surface area contributed by atoms with Crippen LogP contribution in [0.2, 0.25) is 0 Å². The molecule has 0 radical (unpaired) electrons. The molecule has 0 aromatic carbocycles. The second-order valence-corrected chi connectivity index (χ2v) is 8.42. The zero-order valence-corrected chi connectivity index (χ0v) is 15.9. The lowest BCUT2D eigenvalue weighted by Crippen LogP contribution is -2.30. The number of aliphatic hydroxyl groups is 1. The van der Waals surface area contributed by atoms with Gasteiger partial charge in [0, 0.05) is 18.5 Å². The number of likely N-dealkylation sites (N-methyl/N-ethyl adjacent to an activating group) is 1. The fraction of sp³-hybridized carbons (Fsp3) is 0.684. The number of thiophene rings is 1. The van der Waals surface area contributed by atoms with E-state index in [4.69, 9.17) is 9.97 Å². The van der Waals surface area contributed by atoms with Gasteiger partial charge in [0.15, 0.2) is 0 Å². The van der Waals surface area contributed by atoms with Crippen molar-refractivity contribution in [3.63, 3.8) is 0 Å². The SMILES string of the molecule is CN(CCO)c1nc(CN2CCCCC2)nc2sc3c(c12)CCCC3.